The lowest BCUT2D eigenvalue weighted by atomic mass is 9.99. The van der Waals surface area contributed by atoms with Crippen molar-refractivity contribution in [2.24, 2.45) is 0 Å². The SMILES string of the molecule is Nc1nc(-c2nn(Cc3ccccc3F)c3ncc(F)cc23)nc2c1C(CCO)C(=O)N2. The van der Waals surface area contributed by atoms with Crippen molar-refractivity contribution in [2.45, 2.75) is 18.9 Å². The fraction of sp³-hybridized carbons (Fsp3) is 0.190. The van der Waals surface area contributed by atoms with E-state index in [9.17, 15) is 18.7 Å². The van der Waals surface area contributed by atoms with Gasteiger partial charge >= 0.3 is 0 Å². The number of aliphatic hydroxyl groups is 1. The quantitative estimate of drug-likeness (QED) is 0.436. The lowest BCUT2D eigenvalue weighted by molar-refractivity contribution is -0.117. The molecule has 4 aromatic rings. The summed E-state index contributed by atoms with van der Waals surface area (Å²) >= 11 is 0. The van der Waals surface area contributed by atoms with Gasteiger partial charge in [0, 0.05) is 17.7 Å². The summed E-state index contributed by atoms with van der Waals surface area (Å²) in [5.74, 6) is -1.64. The number of aromatic nitrogens is 5. The van der Waals surface area contributed by atoms with Crippen LogP contribution in [0.15, 0.2) is 36.5 Å². The Kier molecular flexibility index (Phi) is 4.74. The minimum atomic E-state index is -0.654. The number of nitrogens with two attached hydrogens (primary N) is 1. The molecular formula is C21H17F2N7O2. The zero-order valence-corrected chi connectivity index (χ0v) is 16.6. The number of hydrogen-bond acceptors (Lipinski definition) is 7. The van der Waals surface area contributed by atoms with Crippen molar-refractivity contribution < 1.29 is 18.7 Å². The van der Waals surface area contributed by atoms with E-state index in [0.29, 0.717) is 22.2 Å². The van der Waals surface area contributed by atoms with Crippen LogP contribution in [0.4, 0.5) is 20.4 Å². The van der Waals surface area contributed by atoms with Crippen LogP contribution >= 0.6 is 0 Å². The van der Waals surface area contributed by atoms with Crippen LogP contribution in [0.3, 0.4) is 0 Å². The summed E-state index contributed by atoms with van der Waals surface area (Å²) in [6.45, 7) is -0.147. The first-order chi connectivity index (χ1) is 15.5. The van der Waals surface area contributed by atoms with Gasteiger partial charge in [-0.15, -0.1) is 0 Å². The normalized spacial score (nSPS) is 15.2. The minimum absolute atomic E-state index is 0.0531. The van der Waals surface area contributed by atoms with E-state index in [0.717, 1.165) is 6.20 Å². The highest BCUT2D eigenvalue weighted by Crippen LogP contribution is 2.38. The number of hydrogen-bond donors (Lipinski definition) is 3. The molecule has 0 radical (unpaired) electrons. The van der Waals surface area contributed by atoms with Crippen LogP contribution in [0.1, 0.15) is 23.5 Å². The summed E-state index contributed by atoms with van der Waals surface area (Å²) in [5, 5.41) is 16.7. The molecule has 9 nitrogen and oxygen atoms in total. The van der Waals surface area contributed by atoms with Crippen molar-refractivity contribution in [3.05, 3.63) is 59.3 Å². The summed E-state index contributed by atoms with van der Waals surface area (Å²) < 4.78 is 29.6. The summed E-state index contributed by atoms with van der Waals surface area (Å²) in [7, 11) is 0. The van der Waals surface area contributed by atoms with E-state index < -0.39 is 17.6 Å². The van der Waals surface area contributed by atoms with Gasteiger partial charge in [-0.1, -0.05) is 18.2 Å². The molecule has 1 atom stereocenters. The first-order valence-electron chi connectivity index (χ1n) is 9.81. The topological polar surface area (TPSA) is 132 Å². The Hall–Kier alpha value is -3.99. The molecule has 11 heteroatoms. The van der Waals surface area contributed by atoms with E-state index in [-0.39, 0.29) is 48.6 Å². The van der Waals surface area contributed by atoms with Crippen molar-refractivity contribution in [2.75, 3.05) is 17.7 Å². The van der Waals surface area contributed by atoms with Gasteiger partial charge < -0.3 is 16.2 Å². The van der Waals surface area contributed by atoms with Crippen molar-refractivity contribution >= 4 is 28.6 Å². The van der Waals surface area contributed by atoms with Gasteiger partial charge in [0.1, 0.15) is 29.0 Å². The molecular weight excluding hydrogens is 420 g/mol. The fourth-order valence-corrected chi connectivity index (χ4v) is 3.87. The molecule has 5 rings (SSSR count). The molecule has 0 saturated carbocycles. The van der Waals surface area contributed by atoms with Crippen LogP contribution < -0.4 is 11.1 Å². The van der Waals surface area contributed by atoms with E-state index in [1.54, 1.807) is 18.2 Å². The molecule has 4 N–H and O–H groups in total. The second kappa shape index (κ2) is 7.61. The zero-order chi connectivity index (χ0) is 22.4. The van der Waals surface area contributed by atoms with Crippen molar-refractivity contribution in [1.82, 2.24) is 24.7 Å². The molecule has 1 amide bonds. The van der Waals surface area contributed by atoms with Gasteiger partial charge in [-0.25, -0.2) is 28.4 Å². The Morgan fingerprint density at radius 3 is 2.81 bits per heavy atom. The van der Waals surface area contributed by atoms with Gasteiger partial charge in [-0.3, -0.25) is 4.79 Å². The Labute approximate surface area is 179 Å². The summed E-state index contributed by atoms with van der Waals surface area (Å²) in [6.07, 6.45) is 1.23. The highest BCUT2D eigenvalue weighted by atomic mass is 19.1. The number of carbonyl (C=O) groups excluding carboxylic acids is 1. The van der Waals surface area contributed by atoms with Gasteiger partial charge in [-0.05, 0) is 18.6 Å². The standard InChI is InChI=1S/C21H17F2N7O2/c22-11-7-13-16(19-26-17(24)15-12(5-6-31)21(32)28-18(15)27-19)29-30(20(13)25-8-11)9-10-3-1-2-4-14(10)23/h1-4,7-8,12,31H,5-6,9H2,(H3,24,26,27,28,32). The average Bonchev–Trinajstić information content (AvgIpc) is 3.27. The smallest absolute Gasteiger partial charge is 0.233 e. The maximum absolute atomic E-state index is 14.2. The maximum atomic E-state index is 14.2. The van der Waals surface area contributed by atoms with E-state index in [1.807, 2.05) is 0 Å². The van der Waals surface area contributed by atoms with Gasteiger partial charge in [0.05, 0.1) is 24.0 Å². The summed E-state index contributed by atoms with van der Waals surface area (Å²) in [6, 6.07) is 7.48. The predicted octanol–water partition coefficient (Wildman–Crippen LogP) is 2.22. The molecule has 162 valence electrons. The Bertz CT molecular complexity index is 1370. The number of nitrogen functional groups attached to an aromatic ring is 1. The monoisotopic (exact) mass is 437 g/mol. The summed E-state index contributed by atoms with van der Waals surface area (Å²) in [5.41, 5.74) is 7.41. The number of amides is 1. The maximum Gasteiger partial charge on any atom is 0.233 e. The van der Waals surface area contributed by atoms with E-state index in [2.05, 4.69) is 25.4 Å². The number of pyridine rings is 1. The molecule has 1 aromatic carbocycles. The Balaban J connectivity index is 1.65. The number of fused-ring (bicyclic) bond motifs is 2. The molecule has 0 fully saturated rings. The first kappa shape index (κ1) is 19.9. The second-order valence-corrected chi connectivity index (χ2v) is 7.37. The molecule has 0 spiro atoms. The lowest BCUT2D eigenvalue weighted by Crippen LogP contribution is -2.13. The number of anilines is 2. The average molecular weight is 437 g/mol. The lowest BCUT2D eigenvalue weighted by Gasteiger charge is -2.09. The third-order valence-corrected chi connectivity index (χ3v) is 5.34. The van der Waals surface area contributed by atoms with Gasteiger partial charge in [0.15, 0.2) is 11.5 Å². The third kappa shape index (κ3) is 3.23. The molecule has 4 heterocycles. The van der Waals surface area contributed by atoms with Crippen LogP contribution in [-0.4, -0.2) is 42.4 Å². The Morgan fingerprint density at radius 2 is 2.03 bits per heavy atom. The largest absolute Gasteiger partial charge is 0.396 e. The molecule has 1 aliphatic rings. The minimum Gasteiger partial charge on any atom is -0.396 e. The Morgan fingerprint density at radius 1 is 1.22 bits per heavy atom. The molecule has 1 unspecified atom stereocenters. The van der Waals surface area contributed by atoms with E-state index in [4.69, 9.17) is 5.73 Å². The van der Waals surface area contributed by atoms with Crippen LogP contribution in [0.5, 0.6) is 0 Å². The van der Waals surface area contributed by atoms with E-state index >= 15 is 0 Å². The van der Waals surface area contributed by atoms with Crippen LogP contribution in [0, 0.1) is 11.6 Å². The fourth-order valence-electron chi connectivity index (χ4n) is 3.87. The molecule has 32 heavy (non-hydrogen) atoms. The summed E-state index contributed by atoms with van der Waals surface area (Å²) in [4.78, 5) is 25.0. The molecule has 0 aliphatic carbocycles. The third-order valence-electron chi connectivity index (χ3n) is 5.34. The number of benzene rings is 1. The molecule has 3 aromatic heterocycles. The highest BCUT2D eigenvalue weighted by Gasteiger charge is 2.35. The van der Waals surface area contributed by atoms with Gasteiger partial charge in [-0.2, -0.15) is 5.10 Å². The van der Waals surface area contributed by atoms with Crippen LogP contribution in [-0.2, 0) is 11.3 Å². The first-order valence-corrected chi connectivity index (χ1v) is 9.81. The number of carbonyl (C=O) groups is 1. The van der Waals surface area contributed by atoms with Crippen molar-refractivity contribution in [1.29, 1.82) is 0 Å². The number of nitrogens with one attached hydrogen (secondary N) is 1. The van der Waals surface area contributed by atoms with Crippen LogP contribution in [0.2, 0.25) is 0 Å². The number of aliphatic hydroxyl groups excluding tert-OH is 1. The van der Waals surface area contributed by atoms with Gasteiger partial charge in [0.2, 0.25) is 5.91 Å². The highest BCUT2D eigenvalue weighted by molar-refractivity contribution is 6.03. The van der Waals surface area contributed by atoms with Gasteiger partial charge in [0.25, 0.3) is 0 Å². The number of rotatable bonds is 5. The van der Waals surface area contributed by atoms with Crippen molar-refractivity contribution in [3.8, 4) is 11.5 Å². The molecule has 0 saturated heterocycles. The van der Waals surface area contributed by atoms with Crippen molar-refractivity contribution in [3.63, 3.8) is 0 Å². The van der Waals surface area contributed by atoms with E-state index in [1.165, 1.54) is 16.8 Å². The zero-order valence-electron chi connectivity index (χ0n) is 16.6. The number of halogens is 2. The predicted molar refractivity (Wildman–Crippen MR) is 111 cm³/mol. The van der Waals surface area contributed by atoms with Crippen LogP contribution in [0.25, 0.3) is 22.6 Å². The second-order valence-electron chi connectivity index (χ2n) is 7.37. The number of nitrogens with zero attached hydrogens (tertiary/aromatic N) is 5. The molecule has 1 aliphatic heterocycles. The molecule has 0 bridgehead atoms.